The average molecular weight is 808 g/mol. The Bertz CT molecular complexity index is 2040. The molecule has 5 heterocycles. The Hall–Kier alpha value is -5.12. The van der Waals surface area contributed by atoms with Crippen LogP contribution in [0.2, 0.25) is 5.02 Å². The zero-order valence-electron chi connectivity index (χ0n) is 28.7. The number of thiazole rings is 1. The van der Waals surface area contributed by atoms with Crippen LogP contribution in [0.25, 0.3) is 0 Å². The van der Waals surface area contributed by atoms with E-state index in [1.54, 1.807) is 0 Å². The van der Waals surface area contributed by atoms with Crippen LogP contribution in [0.3, 0.4) is 0 Å². The van der Waals surface area contributed by atoms with Gasteiger partial charge >= 0.3 is 11.9 Å². The largest absolute Gasteiger partial charge is 0.504 e. The number of nitrogen functional groups attached to an aromatic ring is 1. The van der Waals surface area contributed by atoms with Crippen LogP contribution in [0.5, 0.6) is 11.5 Å². The predicted molar refractivity (Wildman–Crippen MR) is 193 cm³/mol. The first kappa shape index (κ1) is 38.6. The molecule has 2 aromatic rings. The van der Waals surface area contributed by atoms with Crippen molar-refractivity contribution >= 4 is 80.9 Å². The van der Waals surface area contributed by atoms with Gasteiger partial charge in [0.25, 0.3) is 17.7 Å². The lowest BCUT2D eigenvalue weighted by Crippen LogP contribution is -2.71. The Labute approximate surface area is 319 Å². The van der Waals surface area contributed by atoms with Crippen molar-refractivity contribution in [2.24, 2.45) is 15.7 Å². The summed E-state index contributed by atoms with van der Waals surface area (Å²) in [7, 11) is 0. The fourth-order valence-electron chi connectivity index (χ4n) is 7.19. The first-order valence-corrected chi connectivity index (χ1v) is 18.7. The number of carboxylic acids is 2. The Balaban J connectivity index is 1.13. The van der Waals surface area contributed by atoms with Crippen molar-refractivity contribution < 1.29 is 58.9 Å². The lowest BCUT2D eigenvalue weighted by Gasteiger charge is -2.50. The number of aliphatic carboxylic acids is 2. The molecule has 4 aliphatic heterocycles. The monoisotopic (exact) mass is 807 g/mol. The third-order valence-corrected chi connectivity index (χ3v) is 12.5. The highest BCUT2D eigenvalue weighted by Crippen LogP contribution is 2.48. The number of hydrogen-bond acceptors (Lipinski definition) is 15. The summed E-state index contributed by atoms with van der Waals surface area (Å²) in [6, 6.07) is 1.22. The number of carboxylic acid groups (broad SMARTS) is 2. The van der Waals surface area contributed by atoms with Crippen LogP contribution >= 0.6 is 34.7 Å². The second kappa shape index (κ2) is 14.3. The molecule has 0 unspecified atom stereocenters. The molecule has 22 heteroatoms. The van der Waals surface area contributed by atoms with E-state index in [1.165, 1.54) is 42.0 Å². The molecule has 0 spiro atoms. The van der Waals surface area contributed by atoms with Crippen molar-refractivity contribution in [2.45, 2.75) is 43.7 Å². The minimum atomic E-state index is -1.80. The molecule has 54 heavy (non-hydrogen) atoms. The summed E-state index contributed by atoms with van der Waals surface area (Å²) in [4.78, 5) is 74.6. The molecule has 2 bridgehead atoms. The number of hydrogen-bond donors (Lipinski definition) is 8. The van der Waals surface area contributed by atoms with Crippen LogP contribution in [0.4, 0.5) is 5.13 Å². The maximum Gasteiger partial charge on any atom is 0.352 e. The van der Waals surface area contributed by atoms with Crippen LogP contribution in [0, 0.1) is 5.41 Å². The molecule has 19 nitrogen and oxygen atoms in total. The van der Waals surface area contributed by atoms with Crippen LogP contribution in [0.15, 0.2) is 39.1 Å². The fraction of sp³-hybridized carbons (Fsp3) is 0.438. The van der Waals surface area contributed by atoms with Crippen molar-refractivity contribution in [3.63, 3.8) is 0 Å². The topological polar surface area (TPSA) is 287 Å². The predicted octanol–water partition coefficient (Wildman–Crippen LogP) is 0.718. The molecule has 0 saturated carbocycles. The molecule has 1 aromatic heterocycles. The summed E-state index contributed by atoms with van der Waals surface area (Å²) < 4.78 is 0.539. The number of quaternary nitrogens is 1. The van der Waals surface area contributed by atoms with E-state index in [9.17, 15) is 49.6 Å². The van der Waals surface area contributed by atoms with Gasteiger partial charge in [-0.1, -0.05) is 21.9 Å². The third-order valence-electron chi connectivity index (χ3n) is 10.1. The zero-order valence-corrected chi connectivity index (χ0v) is 31.1. The normalized spacial score (nSPS) is 25.2. The SMILES string of the molecule is CC(C)(O/N=C(\C(=O)N[C@@H]1C(=O)N2C(C(=O)O)=C(C[N+]34CCC(CNC(=O)/C(=N/O)c5ccc(O)c(O)c5Cl)(CC3)C4)CS[C@H]12)c1csc(N)n1)C(=O)O. The molecule has 9 N–H and O–H groups in total. The quantitative estimate of drug-likeness (QED) is 0.0346. The lowest BCUT2D eigenvalue weighted by molar-refractivity contribution is -0.904. The molecular weight excluding hydrogens is 772 g/mol. The fourth-order valence-corrected chi connectivity index (χ4v) is 9.32. The number of carbonyl (C=O) groups excluding carboxylic acids is 3. The number of halogens is 1. The molecule has 288 valence electrons. The number of carbonyl (C=O) groups is 5. The number of aromatic nitrogens is 1. The molecule has 3 saturated heterocycles. The first-order chi connectivity index (χ1) is 25.4. The van der Waals surface area contributed by atoms with Crippen LogP contribution in [0.1, 0.15) is 37.9 Å². The van der Waals surface area contributed by atoms with Gasteiger partial charge in [0.15, 0.2) is 28.1 Å². The summed E-state index contributed by atoms with van der Waals surface area (Å²) in [5, 5.41) is 61.6. The number of amides is 3. The minimum absolute atomic E-state index is 0.00527. The van der Waals surface area contributed by atoms with Gasteiger partial charge in [-0.2, -0.15) is 0 Å². The van der Waals surface area contributed by atoms with Gasteiger partial charge in [0.1, 0.15) is 29.4 Å². The van der Waals surface area contributed by atoms with Gasteiger partial charge in [-0.15, -0.1) is 23.1 Å². The van der Waals surface area contributed by atoms with Crippen LogP contribution < -0.4 is 16.4 Å². The van der Waals surface area contributed by atoms with Crippen molar-refractivity contribution in [1.29, 1.82) is 0 Å². The standard InChI is InChI=1S/C32H35ClN8O11S2/c1-31(2,29(49)50)52-39-20(16-11-54-30(34)36-16)25(45)37-21-26(46)40-22(28(47)48)14(10-53-27(21)40)9-41-7-5-32(13-41,6-8-41)12-35-24(44)19(38-51)15-3-4-17(42)23(43)18(15)33/h3-4,11,21,27H,5-10,12-13H2,1-2H3,(H8-,34,35,36,37,38,39,42,43,44,45,47,48,49,50,51)/p+1/t21-,27-,32?,41?/m1/s1. The molecule has 3 amide bonds. The Morgan fingerprint density at radius 3 is 2.48 bits per heavy atom. The van der Waals surface area contributed by atoms with Gasteiger partial charge < -0.3 is 51.3 Å². The number of β-lactam (4-membered cyclic amide) rings is 1. The van der Waals surface area contributed by atoms with Crippen molar-refractivity contribution in [3.05, 3.63) is 45.1 Å². The zero-order chi connectivity index (χ0) is 39.3. The Kier molecular flexibility index (Phi) is 10.2. The van der Waals surface area contributed by atoms with Gasteiger partial charge in [0.2, 0.25) is 5.60 Å². The molecule has 3 fully saturated rings. The molecule has 4 aliphatic rings. The highest BCUT2D eigenvalue weighted by molar-refractivity contribution is 8.00. The second-order valence-electron chi connectivity index (χ2n) is 14.1. The minimum Gasteiger partial charge on any atom is -0.504 e. The molecule has 0 aliphatic carbocycles. The number of phenols is 2. The van der Waals surface area contributed by atoms with E-state index in [0.29, 0.717) is 49.1 Å². The number of thioether (sulfide) groups is 1. The summed E-state index contributed by atoms with van der Waals surface area (Å²) in [5.41, 5.74) is 3.05. The van der Waals surface area contributed by atoms with E-state index in [1.807, 2.05) is 0 Å². The van der Waals surface area contributed by atoms with Gasteiger partial charge in [-0.05, 0) is 26.0 Å². The van der Waals surface area contributed by atoms with E-state index >= 15 is 0 Å². The first-order valence-electron chi connectivity index (χ1n) is 16.4. The molecular formula is C32H36ClN8O11S2+. The Morgan fingerprint density at radius 1 is 1.17 bits per heavy atom. The Morgan fingerprint density at radius 2 is 1.87 bits per heavy atom. The van der Waals surface area contributed by atoms with E-state index in [4.69, 9.17) is 22.2 Å². The van der Waals surface area contributed by atoms with E-state index in [2.05, 4.69) is 25.9 Å². The summed E-state index contributed by atoms with van der Waals surface area (Å²) in [5.74, 6) is -5.83. The number of piperidine rings is 1. The number of nitrogens with two attached hydrogens (primary N) is 1. The number of nitrogens with one attached hydrogen (secondary N) is 2. The van der Waals surface area contributed by atoms with Crippen molar-refractivity contribution in [3.8, 4) is 11.5 Å². The highest BCUT2D eigenvalue weighted by atomic mass is 35.5. The molecule has 2 atom stereocenters. The molecule has 6 rings (SSSR count). The van der Waals surface area contributed by atoms with Crippen LogP contribution in [-0.4, -0.2) is 137 Å². The average Bonchev–Trinajstić information content (AvgIpc) is 3.83. The van der Waals surface area contributed by atoms with E-state index < -0.39 is 69.6 Å². The maximum atomic E-state index is 13.5. The van der Waals surface area contributed by atoms with E-state index in [0.717, 1.165) is 17.4 Å². The van der Waals surface area contributed by atoms with Crippen molar-refractivity contribution in [1.82, 2.24) is 20.5 Å². The van der Waals surface area contributed by atoms with E-state index in [-0.39, 0.29) is 44.8 Å². The van der Waals surface area contributed by atoms with Crippen LogP contribution in [-0.2, 0) is 28.8 Å². The number of benzene rings is 1. The smallest absolute Gasteiger partial charge is 0.352 e. The number of aromatic hydroxyl groups is 2. The van der Waals surface area contributed by atoms with Gasteiger partial charge in [0.05, 0.1) is 24.7 Å². The number of rotatable bonds is 13. The van der Waals surface area contributed by atoms with Gasteiger partial charge in [-0.25, -0.2) is 14.6 Å². The molecule has 1 aromatic carbocycles. The highest BCUT2D eigenvalue weighted by Gasteiger charge is 2.58. The third kappa shape index (κ3) is 6.98. The summed E-state index contributed by atoms with van der Waals surface area (Å²) >= 11 is 8.37. The number of nitrogens with zero attached hydrogens (tertiary/aromatic N) is 5. The number of phenolic OH excluding ortho intramolecular Hbond substituents is 2. The number of oxime groups is 2. The maximum absolute atomic E-state index is 13.5. The summed E-state index contributed by atoms with van der Waals surface area (Å²) in [6.07, 6.45) is 1.42. The van der Waals surface area contributed by atoms with Gasteiger partial charge in [0, 0.05) is 47.1 Å². The second-order valence-corrected chi connectivity index (χ2v) is 16.4. The molecule has 0 radical (unpaired) electrons. The number of fused-ring (bicyclic) bond motifs is 3. The number of anilines is 1. The van der Waals surface area contributed by atoms with Crippen molar-refractivity contribution in [2.75, 3.05) is 44.2 Å². The van der Waals surface area contributed by atoms with Gasteiger partial charge in [-0.3, -0.25) is 19.3 Å². The lowest BCUT2D eigenvalue weighted by atomic mass is 9.84. The summed E-state index contributed by atoms with van der Waals surface area (Å²) in [6.45, 7) is 5.02.